The van der Waals surface area contributed by atoms with Crippen molar-refractivity contribution >= 4 is 15.9 Å². The maximum absolute atomic E-state index is 4.43. The molecule has 0 aliphatic carbocycles. The van der Waals surface area contributed by atoms with Crippen LogP contribution in [-0.4, -0.2) is 21.8 Å². The Balaban J connectivity index is 2.24. The monoisotopic (exact) mass is 322 g/mol. The van der Waals surface area contributed by atoms with Crippen molar-refractivity contribution < 1.29 is 0 Å². The van der Waals surface area contributed by atoms with Gasteiger partial charge in [0.25, 0.3) is 0 Å². The Bertz CT molecular complexity index is 509. The maximum atomic E-state index is 4.43. The second-order valence-corrected chi connectivity index (χ2v) is 5.32. The summed E-state index contributed by atoms with van der Waals surface area (Å²) in [6.07, 6.45) is 5.63. The second kappa shape index (κ2) is 6.82. The number of aryl methyl sites for hydroxylation is 1. The van der Waals surface area contributed by atoms with Crippen LogP contribution in [0.1, 0.15) is 30.8 Å². The van der Waals surface area contributed by atoms with Gasteiger partial charge in [0, 0.05) is 24.9 Å². The average Bonchev–Trinajstić information content (AvgIpc) is 2.79. The smallest absolute Gasteiger partial charge is 0.0699 e. The first kappa shape index (κ1) is 14.2. The minimum Gasteiger partial charge on any atom is -0.311 e. The van der Waals surface area contributed by atoms with Crippen LogP contribution in [0.3, 0.4) is 0 Å². The summed E-state index contributed by atoms with van der Waals surface area (Å²) in [5.41, 5.74) is 2.27. The lowest BCUT2D eigenvalue weighted by Crippen LogP contribution is -2.23. The van der Waals surface area contributed by atoms with Gasteiger partial charge in [-0.25, -0.2) is 0 Å². The van der Waals surface area contributed by atoms with E-state index in [-0.39, 0.29) is 6.04 Å². The highest BCUT2D eigenvalue weighted by atomic mass is 79.9. The number of pyridine rings is 1. The Morgan fingerprint density at radius 1 is 1.42 bits per heavy atom. The molecule has 1 unspecified atom stereocenters. The summed E-state index contributed by atoms with van der Waals surface area (Å²) in [5.74, 6) is 0. The molecule has 19 heavy (non-hydrogen) atoms. The van der Waals surface area contributed by atoms with Gasteiger partial charge in [-0.05, 0) is 41.5 Å². The van der Waals surface area contributed by atoms with E-state index >= 15 is 0 Å². The van der Waals surface area contributed by atoms with E-state index in [1.165, 1.54) is 5.69 Å². The minimum atomic E-state index is 0.207. The van der Waals surface area contributed by atoms with E-state index in [1.54, 1.807) is 0 Å². The molecule has 2 rings (SSSR count). The Kier molecular flexibility index (Phi) is 5.10. The minimum absolute atomic E-state index is 0.207. The van der Waals surface area contributed by atoms with Crippen LogP contribution < -0.4 is 5.32 Å². The van der Waals surface area contributed by atoms with E-state index in [0.717, 1.165) is 29.6 Å². The van der Waals surface area contributed by atoms with Crippen molar-refractivity contribution in [3.63, 3.8) is 0 Å². The number of rotatable bonds is 6. The summed E-state index contributed by atoms with van der Waals surface area (Å²) in [4.78, 5) is 4.40. The highest BCUT2D eigenvalue weighted by Crippen LogP contribution is 2.25. The second-order valence-electron chi connectivity index (χ2n) is 4.47. The number of nitrogens with one attached hydrogen (secondary N) is 1. The molecule has 1 atom stereocenters. The van der Waals surface area contributed by atoms with Crippen molar-refractivity contribution in [1.82, 2.24) is 20.1 Å². The third kappa shape index (κ3) is 3.42. The maximum Gasteiger partial charge on any atom is 0.0699 e. The lowest BCUT2D eigenvalue weighted by atomic mass is 10.1. The van der Waals surface area contributed by atoms with Gasteiger partial charge in [0.1, 0.15) is 0 Å². The highest BCUT2D eigenvalue weighted by molar-refractivity contribution is 9.10. The van der Waals surface area contributed by atoms with Gasteiger partial charge in [-0.2, -0.15) is 5.10 Å². The van der Waals surface area contributed by atoms with E-state index < -0.39 is 0 Å². The molecule has 102 valence electrons. The van der Waals surface area contributed by atoms with Crippen LogP contribution in [0.4, 0.5) is 0 Å². The predicted molar refractivity (Wildman–Crippen MR) is 80.0 cm³/mol. The molecule has 0 spiro atoms. The standard InChI is InChI=1S/C14H19BrN4/c1-3-8-19-14(12(15)10-18-19)13(16-2)9-11-6-4-5-7-17-11/h4-7,10,13,16H,3,8-9H2,1-2H3. The van der Waals surface area contributed by atoms with Gasteiger partial charge in [-0.1, -0.05) is 13.0 Å². The summed E-state index contributed by atoms with van der Waals surface area (Å²) >= 11 is 3.60. The number of halogens is 1. The molecule has 0 radical (unpaired) electrons. The number of nitrogens with zero attached hydrogens (tertiary/aromatic N) is 3. The molecule has 0 saturated carbocycles. The third-order valence-electron chi connectivity index (χ3n) is 3.09. The predicted octanol–water partition coefficient (Wildman–Crippen LogP) is 2.95. The number of likely N-dealkylation sites (N-methyl/N-ethyl adjacent to an activating group) is 1. The number of aromatic nitrogens is 3. The van der Waals surface area contributed by atoms with Crippen LogP contribution >= 0.6 is 15.9 Å². The quantitative estimate of drug-likeness (QED) is 0.889. The summed E-state index contributed by atoms with van der Waals surface area (Å²) < 4.78 is 3.12. The molecule has 5 heteroatoms. The van der Waals surface area contributed by atoms with Gasteiger partial charge in [0.2, 0.25) is 0 Å². The van der Waals surface area contributed by atoms with Gasteiger partial charge in [0.15, 0.2) is 0 Å². The molecular weight excluding hydrogens is 304 g/mol. The normalized spacial score (nSPS) is 12.6. The zero-order chi connectivity index (χ0) is 13.7. The van der Waals surface area contributed by atoms with Crippen molar-refractivity contribution in [1.29, 1.82) is 0 Å². The lowest BCUT2D eigenvalue weighted by Gasteiger charge is -2.18. The van der Waals surface area contributed by atoms with Crippen LogP contribution in [-0.2, 0) is 13.0 Å². The van der Waals surface area contributed by atoms with E-state index in [2.05, 4.69) is 49.0 Å². The topological polar surface area (TPSA) is 42.7 Å². The van der Waals surface area contributed by atoms with Crippen LogP contribution in [0.25, 0.3) is 0 Å². The summed E-state index contributed by atoms with van der Waals surface area (Å²) in [6, 6.07) is 6.22. The third-order valence-corrected chi connectivity index (χ3v) is 3.70. The molecule has 0 amide bonds. The first-order valence-corrected chi connectivity index (χ1v) is 7.34. The number of hydrogen-bond acceptors (Lipinski definition) is 3. The molecule has 0 saturated heterocycles. The Morgan fingerprint density at radius 2 is 2.26 bits per heavy atom. The molecule has 2 heterocycles. The van der Waals surface area contributed by atoms with Crippen molar-refractivity contribution in [2.45, 2.75) is 32.4 Å². The Morgan fingerprint density at radius 3 is 2.89 bits per heavy atom. The van der Waals surface area contributed by atoms with Gasteiger partial charge in [-0.15, -0.1) is 0 Å². The van der Waals surface area contributed by atoms with Crippen molar-refractivity contribution in [2.24, 2.45) is 0 Å². The van der Waals surface area contributed by atoms with Crippen LogP contribution in [0.5, 0.6) is 0 Å². The molecular formula is C14H19BrN4. The van der Waals surface area contributed by atoms with Crippen molar-refractivity contribution in [3.05, 3.63) is 46.5 Å². The van der Waals surface area contributed by atoms with E-state index in [9.17, 15) is 0 Å². The summed E-state index contributed by atoms with van der Waals surface area (Å²) in [7, 11) is 1.98. The molecule has 1 N–H and O–H groups in total. The van der Waals surface area contributed by atoms with Crippen LogP contribution in [0.15, 0.2) is 35.1 Å². The molecule has 0 aliphatic rings. The van der Waals surface area contributed by atoms with Gasteiger partial charge in [0.05, 0.1) is 22.4 Å². The number of hydrogen-bond donors (Lipinski definition) is 1. The van der Waals surface area contributed by atoms with Crippen molar-refractivity contribution in [2.75, 3.05) is 7.05 Å². The van der Waals surface area contributed by atoms with Gasteiger partial charge < -0.3 is 5.32 Å². The summed E-state index contributed by atoms with van der Waals surface area (Å²) in [5, 5.41) is 7.79. The Hall–Kier alpha value is -1.20. The average molecular weight is 323 g/mol. The fraction of sp³-hybridized carbons (Fsp3) is 0.429. The molecule has 2 aromatic rings. The zero-order valence-corrected chi connectivity index (χ0v) is 12.9. The van der Waals surface area contributed by atoms with Gasteiger partial charge in [-0.3, -0.25) is 9.67 Å². The van der Waals surface area contributed by atoms with Crippen molar-refractivity contribution in [3.8, 4) is 0 Å². The fourth-order valence-corrected chi connectivity index (χ4v) is 2.74. The summed E-state index contributed by atoms with van der Waals surface area (Å²) in [6.45, 7) is 3.09. The largest absolute Gasteiger partial charge is 0.311 e. The van der Waals surface area contributed by atoms with Gasteiger partial charge >= 0.3 is 0 Å². The fourth-order valence-electron chi connectivity index (χ4n) is 2.17. The SMILES string of the molecule is CCCn1ncc(Br)c1C(Cc1ccccn1)NC. The first-order chi connectivity index (χ1) is 9.26. The van der Waals surface area contributed by atoms with E-state index in [4.69, 9.17) is 0 Å². The molecule has 0 aliphatic heterocycles. The zero-order valence-electron chi connectivity index (χ0n) is 11.3. The molecule has 4 nitrogen and oxygen atoms in total. The molecule has 0 fully saturated rings. The van der Waals surface area contributed by atoms with E-state index in [1.807, 2.05) is 31.6 Å². The first-order valence-electron chi connectivity index (χ1n) is 6.54. The molecule has 2 aromatic heterocycles. The molecule has 0 bridgehead atoms. The Labute approximate surface area is 122 Å². The highest BCUT2D eigenvalue weighted by Gasteiger charge is 2.19. The molecule has 0 aromatic carbocycles. The van der Waals surface area contributed by atoms with E-state index in [0.29, 0.717) is 0 Å². The van der Waals surface area contributed by atoms with Crippen LogP contribution in [0.2, 0.25) is 0 Å². The van der Waals surface area contributed by atoms with Crippen LogP contribution in [0, 0.1) is 0 Å². The lowest BCUT2D eigenvalue weighted by molar-refractivity contribution is 0.492.